The first kappa shape index (κ1) is 20.2. The maximum atomic E-state index is 5.98. The zero-order valence-corrected chi connectivity index (χ0v) is 17.0. The van der Waals surface area contributed by atoms with Crippen LogP contribution in [0.25, 0.3) is 0 Å². The highest BCUT2D eigenvalue weighted by Gasteiger charge is 2.24. The molecule has 0 amide bonds. The Morgan fingerprint density at radius 3 is 1.96 bits per heavy atom. The fraction of sp³-hybridized carbons (Fsp3) is 1.00. The molecule has 1 aliphatic heterocycles. The molecule has 0 aromatic rings. The molecule has 1 heterocycles. The van der Waals surface area contributed by atoms with Crippen molar-refractivity contribution in [1.82, 2.24) is 9.80 Å². The second-order valence-corrected chi connectivity index (χ2v) is 8.77. The molecule has 1 unspecified atom stereocenters. The van der Waals surface area contributed by atoms with E-state index < -0.39 is 0 Å². The van der Waals surface area contributed by atoms with Crippen molar-refractivity contribution in [1.29, 1.82) is 0 Å². The van der Waals surface area contributed by atoms with Crippen molar-refractivity contribution in [2.24, 2.45) is 5.92 Å². The Bertz CT molecular complexity index is 329. The molecule has 0 N–H and O–H groups in total. The monoisotopic (exact) mass is 338 g/mol. The highest BCUT2D eigenvalue weighted by Crippen LogP contribution is 2.30. The number of hydrogen-bond acceptors (Lipinski definition) is 3. The van der Waals surface area contributed by atoms with Crippen molar-refractivity contribution >= 4 is 0 Å². The van der Waals surface area contributed by atoms with Crippen molar-refractivity contribution < 1.29 is 4.74 Å². The van der Waals surface area contributed by atoms with Gasteiger partial charge in [0.1, 0.15) is 0 Å². The van der Waals surface area contributed by atoms with Crippen LogP contribution in [0.4, 0.5) is 0 Å². The fourth-order valence-electron chi connectivity index (χ4n) is 4.52. The molecule has 3 heteroatoms. The highest BCUT2D eigenvalue weighted by atomic mass is 16.5. The van der Waals surface area contributed by atoms with E-state index in [0.717, 1.165) is 12.0 Å². The van der Waals surface area contributed by atoms with E-state index in [1.54, 1.807) is 0 Å². The predicted octanol–water partition coefficient (Wildman–Crippen LogP) is 4.56. The Balaban J connectivity index is 1.56. The molecule has 0 spiro atoms. The summed E-state index contributed by atoms with van der Waals surface area (Å²) in [4.78, 5) is 5.33. The largest absolute Gasteiger partial charge is 0.376 e. The SMILES string of the molecule is CC(C)OC1CCC(CCCC(C)N2CCN(C(C)C)CC2)CC1. The van der Waals surface area contributed by atoms with Gasteiger partial charge in [-0.3, -0.25) is 9.80 Å². The van der Waals surface area contributed by atoms with E-state index in [-0.39, 0.29) is 0 Å². The van der Waals surface area contributed by atoms with Crippen LogP contribution in [0.1, 0.15) is 79.6 Å². The molecule has 2 fully saturated rings. The minimum Gasteiger partial charge on any atom is -0.376 e. The fourth-order valence-corrected chi connectivity index (χ4v) is 4.52. The van der Waals surface area contributed by atoms with E-state index in [9.17, 15) is 0 Å². The maximum absolute atomic E-state index is 5.98. The van der Waals surface area contributed by atoms with Crippen molar-refractivity contribution in [3.8, 4) is 0 Å². The van der Waals surface area contributed by atoms with E-state index >= 15 is 0 Å². The minimum absolute atomic E-state index is 0.392. The summed E-state index contributed by atoms with van der Waals surface area (Å²) in [7, 11) is 0. The van der Waals surface area contributed by atoms with Gasteiger partial charge in [-0.15, -0.1) is 0 Å². The van der Waals surface area contributed by atoms with Crippen molar-refractivity contribution in [3.63, 3.8) is 0 Å². The summed E-state index contributed by atoms with van der Waals surface area (Å²) in [6.45, 7) is 16.4. The lowest BCUT2D eigenvalue weighted by Crippen LogP contribution is -2.51. The maximum Gasteiger partial charge on any atom is 0.0578 e. The Morgan fingerprint density at radius 1 is 0.833 bits per heavy atom. The van der Waals surface area contributed by atoms with E-state index in [2.05, 4.69) is 44.4 Å². The van der Waals surface area contributed by atoms with Gasteiger partial charge < -0.3 is 4.74 Å². The van der Waals surface area contributed by atoms with E-state index in [4.69, 9.17) is 4.74 Å². The lowest BCUT2D eigenvalue weighted by Gasteiger charge is -2.40. The quantitative estimate of drug-likeness (QED) is 0.645. The van der Waals surface area contributed by atoms with Crippen LogP contribution in [0.15, 0.2) is 0 Å². The third kappa shape index (κ3) is 6.65. The molecule has 0 aromatic carbocycles. The van der Waals surface area contributed by atoms with Crippen molar-refractivity contribution in [2.75, 3.05) is 26.2 Å². The van der Waals surface area contributed by atoms with Gasteiger partial charge in [-0.1, -0.05) is 12.8 Å². The minimum atomic E-state index is 0.392. The summed E-state index contributed by atoms with van der Waals surface area (Å²) < 4.78 is 5.98. The van der Waals surface area contributed by atoms with Gasteiger partial charge in [-0.25, -0.2) is 0 Å². The summed E-state index contributed by atoms with van der Waals surface area (Å²) in [5, 5.41) is 0. The van der Waals surface area contributed by atoms with Crippen molar-refractivity contribution in [3.05, 3.63) is 0 Å². The van der Waals surface area contributed by atoms with E-state index in [1.807, 2.05) is 0 Å². The van der Waals surface area contributed by atoms with Crippen molar-refractivity contribution in [2.45, 2.75) is 104 Å². The standard InChI is InChI=1S/C21H42N2O/c1-17(2)22-13-15-23(16-14-22)19(5)7-6-8-20-9-11-21(12-10-20)24-18(3)4/h17-21H,6-16H2,1-5H3. The summed E-state index contributed by atoms with van der Waals surface area (Å²) in [6, 6.07) is 1.47. The van der Waals surface area contributed by atoms with Gasteiger partial charge >= 0.3 is 0 Å². The first-order valence-corrected chi connectivity index (χ1v) is 10.6. The number of ether oxygens (including phenoxy) is 1. The molecule has 1 saturated carbocycles. The number of nitrogens with zero attached hydrogens (tertiary/aromatic N) is 2. The van der Waals surface area contributed by atoms with Crippen LogP contribution in [0.3, 0.4) is 0 Å². The highest BCUT2D eigenvalue weighted by molar-refractivity contribution is 4.79. The van der Waals surface area contributed by atoms with Crippen LogP contribution < -0.4 is 0 Å². The summed E-state index contributed by atoms with van der Waals surface area (Å²) in [5.74, 6) is 0.960. The van der Waals surface area contributed by atoms with Crippen LogP contribution in [0, 0.1) is 5.92 Å². The van der Waals surface area contributed by atoms with E-state index in [0.29, 0.717) is 18.2 Å². The molecule has 1 saturated heterocycles. The number of hydrogen-bond donors (Lipinski definition) is 0. The van der Waals surface area contributed by atoms with Gasteiger partial charge in [-0.05, 0) is 72.6 Å². The predicted molar refractivity (Wildman–Crippen MR) is 104 cm³/mol. The molecule has 1 atom stereocenters. The van der Waals surface area contributed by atoms with Gasteiger partial charge in [0, 0.05) is 38.3 Å². The zero-order valence-electron chi connectivity index (χ0n) is 17.0. The van der Waals surface area contributed by atoms with Crippen LogP contribution in [-0.2, 0) is 4.74 Å². The molecule has 0 radical (unpaired) electrons. The topological polar surface area (TPSA) is 15.7 Å². The molecule has 24 heavy (non-hydrogen) atoms. The third-order valence-corrected chi connectivity index (χ3v) is 6.20. The second kappa shape index (κ2) is 10.1. The Morgan fingerprint density at radius 2 is 1.42 bits per heavy atom. The van der Waals surface area contributed by atoms with Gasteiger partial charge in [0.15, 0.2) is 0 Å². The lowest BCUT2D eigenvalue weighted by atomic mass is 9.84. The van der Waals surface area contributed by atoms with Crippen LogP contribution in [0.5, 0.6) is 0 Å². The first-order chi connectivity index (χ1) is 11.5. The Kier molecular flexibility index (Phi) is 8.53. The molecule has 142 valence electrons. The summed E-state index contributed by atoms with van der Waals surface area (Å²) in [5.41, 5.74) is 0. The number of rotatable bonds is 8. The Hall–Kier alpha value is -0.120. The smallest absolute Gasteiger partial charge is 0.0578 e. The van der Waals surface area contributed by atoms with Crippen LogP contribution in [0.2, 0.25) is 0 Å². The van der Waals surface area contributed by atoms with Crippen LogP contribution >= 0.6 is 0 Å². The molecular formula is C21H42N2O. The Labute approximate surface area is 151 Å². The average molecular weight is 339 g/mol. The summed E-state index contributed by atoms with van der Waals surface area (Å²) in [6.07, 6.45) is 10.5. The van der Waals surface area contributed by atoms with E-state index in [1.165, 1.54) is 71.1 Å². The second-order valence-electron chi connectivity index (χ2n) is 8.77. The number of piperazine rings is 1. The average Bonchev–Trinajstić information content (AvgIpc) is 2.56. The molecule has 0 aromatic heterocycles. The van der Waals surface area contributed by atoms with Gasteiger partial charge in [0.2, 0.25) is 0 Å². The van der Waals surface area contributed by atoms with Gasteiger partial charge in [0.05, 0.1) is 12.2 Å². The van der Waals surface area contributed by atoms with Gasteiger partial charge in [0.25, 0.3) is 0 Å². The van der Waals surface area contributed by atoms with Crippen LogP contribution in [-0.4, -0.2) is 60.3 Å². The van der Waals surface area contributed by atoms with Gasteiger partial charge in [-0.2, -0.15) is 0 Å². The molecule has 2 aliphatic rings. The first-order valence-electron chi connectivity index (χ1n) is 10.6. The molecule has 1 aliphatic carbocycles. The molecule has 2 rings (SSSR count). The molecule has 0 bridgehead atoms. The summed E-state index contributed by atoms with van der Waals surface area (Å²) >= 11 is 0. The zero-order chi connectivity index (χ0) is 17.5. The molecule has 3 nitrogen and oxygen atoms in total. The lowest BCUT2D eigenvalue weighted by molar-refractivity contribution is -0.0204. The molecular weight excluding hydrogens is 296 g/mol. The third-order valence-electron chi connectivity index (χ3n) is 6.20. The normalized spacial score (nSPS) is 28.6.